The number of nitrogens with zero attached hydrogens (tertiary/aromatic N) is 4. The van der Waals surface area contributed by atoms with E-state index < -0.39 is 21.8 Å². The molecule has 1 unspecified atom stereocenters. The van der Waals surface area contributed by atoms with Gasteiger partial charge in [0.25, 0.3) is 5.91 Å². The number of carbonyl (C=O) groups is 1. The molecule has 182 valence electrons. The quantitative estimate of drug-likeness (QED) is 0.425. The molecular weight excluding hydrogens is 500 g/mol. The number of hydrogen-bond acceptors (Lipinski definition) is 8. The number of halogens is 1. The van der Waals surface area contributed by atoms with E-state index in [-0.39, 0.29) is 43.3 Å². The van der Waals surface area contributed by atoms with E-state index >= 15 is 0 Å². The van der Waals surface area contributed by atoms with Gasteiger partial charge in [0.05, 0.1) is 24.2 Å². The Morgan fingerprint density at radius 1 is 1.35 bits per heavy atom. The van der Waals surface area contributed by atoms with E-state index in [1.165, 1.54) is 12.5 Å². The van der Waals surface area contributed by atoms with Gasteiger partial charge in [-0.15, -0.1) is 0 Å². The maximum Gasteiger partial charge on any atom is 0.272 e. The highest BCUT2D eigenvalue weighted by atomic mass is 35.5. The molecule has 0 radical (unpaired) electrons. The first-order chi connectivity index (χ1) is 15.7. The van der Waals surface area contributed by atoms with Crippen LogP contribution in [-0.2, 0) is 9.84 Å². The van der Waals surface area contributed by atoms with Gasteiger partial charge >= 0.3 is 0 Å². The minimum absolute atomic E-state index is 0. The molecule has 1 amide bonds. The first-order valence-corrected chi connectivity index (χ1v) is 12.5. The van der Waals surface area contributed by atoms with E-state index in [2.05, 4.69) is 25.6 Å². The molecule has 0 bridgehead atoms. The molecule has 1 saturated heterocycles. The zero-order valence-electron chi connectivity index (χ0n) is 18.3. The molecule has 13 heteroatoms. The predicted octanol–water partition coefficient (Wildman–Crippen LogP) is 1.80. The molecule has 0 aliphatic carbocycles. The highest BCUT2D eigenvalue weighted by molar-refractivity contribution is 7.91. The second-order valence-corrected chi connectivity index (χ2v) is 10.5. The predicted molar refractivity (Wildman–Crippen MR) is 134 cm³/mol. The summed E-state index contributed by atoms with van der Waals surface area (Å²) in [5.74, 6) is 0.544. The third-order valence-corrected chi connectivity index (χ3v) is 7.31. The normalized spacial score (nSPS) is 17.6. The zero-order chi connectivity index (χ0) is 23.6. The number of aliphatic hydroxyl groups excluding tert-OH is 1. The lowest BCUT2D eigenvalue weighted by Gasteiger charge is -2.16. The molecule has 0 spiro atoms. The average Bonchev–Trinajstić information content (AvgIpc) is 3.39. The van der Waals surface area contributed by atoms with Crippen LogP contribution in [0.25, 0.3) is 5.82 Å². The second-order valence-electron chi connectivity index (χ2n) is 7.87. The minimum atomic E-state index is -3.03. The van der Waals surface area contributed by atoms with Gasteiger partial charge in [-0.3, -0.25) is 9.36 Å². The van der Waals surface area contributed by atoms with Gasteiger partial charge in [-0.1, -0.05) is 23.7 Å². The minimum Gasteiger partial charge on any atom is -0.394 e. The standard InChI is InChI=1S/C21H23ClN6O4S.H2S/c1-13-8-23-21(25-16-5-6-33(31,32)11-16)27-19(13)28-9-17(24-12-28)20(30)26-18(10-29)14-3-2-4-15(22)7-14;/h2-4,7-9,12,16,18,29H,5-6,10-11H2,1H3,(H,26,30)(H,23,25,27);1H2/t16?,18-;/m1./s1. The number of rotatable bonds is 7. The van der Waals surface area contributed by atoms with Crippen molar-refractivity contribution in [3.63, 3.8) is 0 Å². The van der Waals surface area contributed by atoms with Crippen LogP contribution in [0.5, 0.6) is 0 Å². The highest BCUT2D eigenvalue weighted by Crippen LogP contribution is 2.20. The summed E-state index contributed by atoms with van der Waals surface area (Å²) in [5.41, 5.74) is 1.56. The molecule has 2 aromatic heterocycles. The molecule has 1 aromatic carbocycles. The van der Waals surface area contributed by atoms with E-state index in [4.69, 9.17) is 11.6 Å². The zero-order valence-corrected chi connectivity index (χ0v) is 20.8. The van der Waals surface area contributed by atoms with E-state index in [0.717, 1.165) is 5.56 Å². The Morgan fingerprint density at radius 3 is 2.82 bits per heavy atom. The summed E-state index contributed by atoms with van der Waals surface area (Å²) < 4.78 is 25.0. The smallest absolute Gasteiger partial charge is 0.272 e. The van der Waals surface area contributed by atoms with Gasteiger partial charge in [-0.2, -0.15) is 18.5 Å². The number of aliphatic hydroxyl groups is 1. The number of imidazole rings is 1. The van der Waals surface area contributed by atoms with Gasteiger partial charge in [0, 0.05) is 29.0 Å². The molecular formula is C21H25ClN6O4S2. The molecule has 3 aromatic rings. The van der Waals surface area contributed by atoms with Crippen molar-refractivity contribution in [1.29, 1.82) is 0 Å². The molecule has 1 aliphatic rings. The second kappa shape index (κ2) is 10.7. The summed E-state index contributed by atoms with van der Waals surface area (Å²) in [5, 5.41) is 16.0. The van der Waals surface area contributed by atoms with Crippen molar-refractivity contribution in [2.75, 3.05) is 23.4 Å². The highest BCUT2D eigenvalue weighted by Gasteiger charge is 2.28. The van der Waals surface area contributed by atoms with Gasteiger partial charge in [-0.25, -0.2) is 18.4 Å². The lowest BCUT2D eigenvalue weighted by Crippen LogP contribution is -2.31. The van der Waals surface area contributed by atoms with Crippen LogP contribution < -0.4 is 10.6 Å². The molecule has 3 N–H and O–H groups in total. The fourth-order valence-electron chi connectivity index (χ4n) is 3.60. The molecule has 2 atom stereocenters. The van der Waals surface area contributed by atoms with Gasteiger partial charge in [-0.05, 0) is 31.0 Å². The monoisotopic (exact) mass is 524 g/mol. The van der Waals surface area contributed by atoms with Crippen LogP contribution in [0.1, 0.15) is 34.1 Å². The van der Waals surface area contributed by atoms with Crippen molar-refractivity contribution in [1.82, 2.24) is 24.8 Å². The van der Waals surface area contributed by atoms with Crippen molar-refractivity contribution in [2.24, 2.45) is 0 Å². The van der Waals surface area contributed by atoms with E-state index in [9.17, 15) is 18.3 Å². The summed E-state index contributed by atoms with van der Waals surface area (Å²) in [6.45, 7) is 1.52. The number of aromatic nitrogens is 4. The topological polar surface area (TPSA) is 139 Å². The van der Waals surface area contributed by atoms with Crippen molar-refractivity contribution in [3.05, 3.63) is 64.8 Å². The number of nitrogens with one attached hydrogen (secondary N) is 2. The summed E-state index contributed by atoms with van der Waals surface area (Å²) in [7, 11) is -3.03. The largest absolute Gasteiger partial charge is 0.394 e. The fraction of sp³-hybridized carbons (Fsp3) is 0.333. The van der Waals surface area contributed by atoms with Crippen LogP contribution in [-0.4, -0.2) is 63.1 Å². The van der Waals surface area contributed by atoms with Gasteiger partial charge in [0.1, 0.15) is 17.8 Å². The maximum absolute atomic E-state index is 12.7. The summed E-state index contributed by atoms with van der Waals surface area (Å²) in [6.07, 6.45) is 5.11. The first-order valence-electron chi connectivity index (χ1n) is 10.3. The van der Waals surface area contributed by atoms with Gasteiger partial charge in [0.2, 0.25) is 5.95 Å². The average molecular weight is 525 g/mol. The van der Waals surface area contributed by atoms with Crippen LogP contribution in [0.4, 0.5) is 5.95 Å². The Labute approximate surface area is 209 Å². The number of hydrogen-bond donors (Lipinski definition) is 3. The van der Waals surface area contributed by atoms with Crippen LogP contribution >= 0.6 is 25.1 Å². The van der Waals surface area contributed by atoms with E-state index in [1.807, 2.05) is 6.92 Å². The van der Waals surface area contributed by atoms with Crippen molar-refractivity contribution in [3.8, 4) is 5.82 Å². The van der Waals surface area contributed by atoms with Crippen LogP contribution in [0, 0.1) is 6.92 Å². The Kier molecular flexibility index (Phi) is 8.18. The molecule has 10 nitrogen and oxygen atoms in total. The number of aryl methyl sites for hydroxylation is 1. The van der Waals surface area contributed by atoms with Crippen LogP contribution in [0.2, 0.25) is 5.02 Å². The summed E-state index contributed by atoms with van der Waals surface area (Å²) >= 11 is 6.01. The Bertz CT molecular complexity index is 1280. The molecule has 0 saturated carbocycles. The summed E-state index contributed by atoms with van der Waals surface area (Å²) in [6, 6.07) is 6.01. The Hall–Kier alpha value is -2.67. The Balaban J connectivity index is 0.00000324. The summed E-state index contributed by atoms with van der Waals surface area (Å²) in [4.78, 5) is 25.6. The lowest BCUT2D eigenvalue weighted by molar-refractivity contribution is 0.0911. The van der Waals surface area contributed by atoms with Gasteiger partial charge in [0.15, 0.2) is 9.84 Å². The number of sulfone groups is 1. The number of amides is 1. The molecule has 1 fully saturated rings. The molecule has 1 aliphatic heterocycles. The Morgan fingerprint density at radius 2 is 2.15 bits per heavy atom. The molecule has 34 heavy (non-hydrogen) atoms. The lowest BCUT2D eigenvalue weighted by atomic mass is 10.1. The van der Waals surface area contributed by atoms with Crippen molar-refractivity contribution < 1.29 is 18.3 Å². The SMILES string of the molecule is Cc1cnc(NC2CCS(=O)(=O)C2)nc1-n1cnc(C(=O)N[C@H](CO)c2cccc(Cl)c2)c1.S. The van der Waals surface area contributed by atoms with Gasteiger partial charge < -0.3 is 15.7 Å². The molecule has 4 rings (SSSR count). The van der Waals surface area contributed by atoms with Crippen molar-refractivity contribution >= 4 is 46.8 Å². The fourth-order valence-corrected chi connectivity index (χ4v) is 5.47. The first kappa shape index (κ1) is 25.9. The van der Waals surface area contributed by atoms with Crippen LogP contribution in [0.3, 0.4) is 0 Å². The van der Waals surface area contributed by atoms with E-state index in [0.29, 0.717) is 28.8 Å². The third-order valence-electron chi connectivity index (χ3n) is 5.31. The number of anilines is 1. The molecule has 3 heterocycles. The third kappa shape index (κ3) is 6.06. The number of benzene rings is 1. The van der Waals surface area contributed by atoms with Crippen LogP contribution in [0.15, 0.2) is 43.0 Å². The van der Waals surface area contributed by atoms with E-state index in [1.54, 1.807) is 35.0 Å². The maximum atomic E-state index is 12.7. The number of carbonyl (C=O) groups excluding carboxylic acids is 1. The van der Waals surface area contributed by atoms with Crippen molar-refractivity contribution in [2.45, 2.75) is 25.4 Å².